The zero-order valence-corrected chi connectivity index (χ0v) is 12.8. The number of hydrogen-bond donors (Lipinski definition) is 1. The molecule has 0 aliphatic carbocycles. The highest BCUT2D eigenvalue weighted by Gasteiger charge is 2.11. The lowest BCUT2D eigenvalue weighted by Gasteiger charge is -2.06. The summed E-state index contributed by atoms with van der Waals surface area (Å²) >= 11 is 17.4. The lowest BCUT2D eigenvalue weighted by Crippen LogP contribution is -1.94. The fourth-order valence-corrected chi connectivity index (χ4v) is 2.75. The molecular weight excluding hydrogens is 315 g/mol. The molecule has 0 spiro atoms. The molecule has 0 aliphatic rings. The van der Waals surface area contributed by atoms with E-state index < -0.39 is 0 Å². The zero-order chi connectivity index (χ0) is 14.3. The monoisotopic (exact) mass is 324 g/mol. The summed E-state index contributed by atoms with van der Waals surface area (Å²) in [6.07, 6.45) is 0. The van der Waals surface area contributed by atoms with Crippen molar-refractivity contribution in [3.05, 3.63) is 51.2 Å². The van der Waals surface area contributed by atoms with Gasteiger partial charge in [-0.05, 0) is 42.5 Å². The lowest BCUT2D eigenvalue weighted by molar-refractivity contribution is 0.419. The molecule has 2 aromatic carbocycles. The smallest absolute Gasteiger partial charge is 0.182 e. The minimum atomic E-state index is 0.489. The number of imidazole rings is 1. The first-order valence-corrected chi connectivity index (χ1v) is 7.01. The van der Waals surface area contributed by atoms with E-state index in [1.165, 1.54) is 0 Å². The molecule has 0 atom stereocenters. The van der Waals surface area contributed by atoms with Crippen molar-refractivity contribution in [2.45, 2.75) is 0 Å². The van der Waals surface area contributed by atoms with Crippen molar-refractivity contribution in [1.82, 2.24) is 9.55 Å². The number of hydrogen-bond acceptors (Lipinski definition) is 2. The van der Waals surface area contributed by atoms with Gasteiger partial charge in [-0.25, -0.2) is 0 Å². The minimum Gasteiger partial charge on any atom is -0.494 e. The number of aromatic amines is 1. The Labute approximate surface area is 130 Å². The molecule has 0 fully saturated rings. The van der Waals surface area contributed by atoms with Crippen molar-refractivity contribution in [1.29, 1.82) is 0 Å². The van der Waals surface area contributed by atoms with Crippen LogP contribution in [-0.2, 0) is 0 Å². The van der Waals surface area contributed by atoms with Crippen LogP contribution in [-0.4, -0.2) is 16.7 Å². The quantitative estimate of drug-likeness (QED) is 0.672. The normalized spacial score (nSPS) is 10.9. The van der Waals surface area contributed by atoms with Crippen LogP contribution in [0.3, 0.4) is 0 Å². The Kier molecular flexibility index (Phi) is 3.46. The Hall–Kier alpha value is -1.49. The Morgan fingerprint density at radius 2 is 1.95 bits per heavy atom. The fraction of sp³-hybridized carbons (Fsp3) is 0.0714. The van der Waals surface area contributed by atoms with Crippen LogP contribution in [0.15, 0.2) is 36.4 Å². The number of H-pyrrole nitrogens is 1. The van der Waals surface area contributed by atoms with Gasteiger partial charge in [-0.15, -0.1) is 0 Å². The molecule has 0 saturated heterocycles. The largest absolute Gasteiger partial charge is 0.494 e. The van der Waals surface area contributed by atoms with E-state index in [0.717, 1.165) is 22.5 Å². The van der Waals surface area contributed by atoms with Crippen molar-refractivity contribution in [3.8, 4) is 11.4 Å². The van der Waals surface area contributed by atoms with Crippen LogP contribution in [0.1, 0.15) is 0 Å². The number of rotatable bonds is 2. The van der Waals surface area contributed by atoms with E-state index >= 15 is 0 Å². The summed E-state index contributed by atoms with van der Waals surface area (Å²) in [6, 6.07) is 11.2. The molecular formula is C14H10Cl2N2OS. The first-order chi connectivity index (χ1) is 9.61. The molecule has 0 radical (unpaired) electrons. The van der Waals surface area contributed by atoms with Crippen LogP contribution in [0.5, 0.6) is 5.75 Å². The number of nitrogens with one attached hydrogen (secondary N) is 1. The summed E-state index contributed by atoms with van der Waals surface area (Å²) in [4.78, 5) is 3.16. The highest BCUT2D eigenvalue weighted by atomic mass is 35.5. The molecule has 0 saturated carbocycles. The van der Waals surface area contributed by atoms with Crippen LogP contribution in [0, 0.1) is 4.77 Å². The van der Waals surface area contributed by atoms with Crippen LogP contribution in [0.25, 0.3) is 16.7 Å². The molecule has 6 heteroatoms. The van der Waals surface area contributed by atoms with Gasteiger partial charge < -0.3 is 9.72 Å². The first-order valence-electron chi connectivity index (χ1n) is 5.85. The molecule has 3 rings (SSSR count). The van der Waals surface area contributed by atoms with Gasteiger partial charge in [0, 0.05) is 0 Å². The number of ether oxygens (including phenoxy) is 1. The minimum absolute atomic E-state index is 0.489. The summed E-state index contributed by atoms with van der Waals surface area (Å²) in [7, 11) is 1.63. The summed E-state index contributed by atoms with van der Waals surface area (Å²) in [5.41, 5.74) is 2.63. The Bertz CT molecular complexity index is 854. The Morgan fingerprint density at radius 1 is 1.15 bits per heavy atom. The topological polar surface area (TPSA) is 29.9 Å². The zero-order valence-electron chi connectivity index (χ0n) is 10.5. The van der Waals surface area contributed by atoms with Gasteiger partial charge in [0.15, 0.2) is 4.77 Å². The highest BCUT2D eigenvalue weighted by molar-refractivity contribution is 7.71. The van der Waals surface area contributed by atoms with E-state index in [4.69, 9.17) is 40.2 Å². The van der Waals surface area contributed by atoms with Crippen LogP contribution in [0.2, 0.25) is 10.0 Å². The fourth-order valence-electron chi connectivity index (χ4n) is 2.15. The van der Waals surface area contributed by atoms with Gasteiger partial charge in [-0.3, -0.25) is 4.57 Å². The number of benzene rings is 2. The Morgan fingerprint density at radius 3 is 2.65 bits per heavy atom. The molecule has 102 valence electrons. The summed E-state index contributed by atoms with van der Waals surface area (Å²) in [5, 5.41) is 1.00. The van der Waals surface area contributed by atoms with Gasteiger partial charge >= 0.3 is 0 Å². The second-order valence-corrected chi connectivity index (χ2v) is 5.42. The third kappa shape index (κ3) is 2.10. The molecule has 20 heavy (non-hydrogen) atoms. The van der Waals surface area contributed by atoms with Crippen LogP contribution in [0.4, 0.5) is 0 Å². The third-order valence-corrected chi connectivity index (χ3v) is 4.09. The number of fused-ring (bicyclic) bond motifs is 1. The predicted molar refractivity (Wildman–Crippen MR) is 85.0 cm³/mol. The maximum absolute atomic E-state index is 6.08. The van der Waals surface area contributed by atoms with E-state index in [-0.39, 0.29) is 0 Å². The number of nitrogens with zero attached hydrogens (tertiary/aromatic N) is 1. The maximum Gasteiger partial charge on any atom is 0.182 e. The van der Waals surface area contributed by atoms with E-state index in [1.54, 1.807) is 19.2 Å². The van der Waals surface area contributed by atoms with Crippen molar-refractivity contribution < 1.29 is 4.74 Å². The first kappa shape index (κ1) is 13.5. The van der Waals surface area contributed by atoms with E-state index in [0.29, 0.717) is 14.8 Å². The lowest BCUT2D eigenvalue weighted by atomic mass is 10.2. The van der Waals surface area contributed by atoms with Crippen LogP contribution < -0.4 is 4.74 Å². The standard InChI is InChI=1S/C14H10Cl2N2OS/c1-19-12-4-2-3-11-13(12)17-14(20)18(11)8-5-6-9(15)10(16)7-8/h2-7H,1H3,(H,17,20). The molecule has 3 nitrogen and oxygen atoms in total. The molecule has 0 aliphatic heterocycles. The Balaban J connectivity index is 2.33. The highest BCUT2D eigenvalue weighted by Crippen LogP contribution is 2.29. The van der Waals surface area contributed by atoms with E-state index in [2.05, 4.69) is 4.98 Å². The van der Waals surface area contributed by atoms with E-state index in [1.807, 2.05) is 28.8 Å². The summed E-state index contributed by atoms with van der Waals surface area (Å²) in [6.45, 7) is 0. The van der Waals surface area contributed by atoms with Crippen LogP contribution >= 0.6 is 35.4 Å². The SMILES string of the molecule is COc1cccc2c1[nH]c(=S)n2-c1ccc(Cl)c(Cl)c1. The average molecular weight is 325 g/mol. The average Bonchev–Trinajstić information content (AvgIpc) is 2.78. The second-order valence-electron chi connectivity index (χ2n) is 4.22. The van der Waals surface area contributed by atoms with Crippen molar-refractivity contribution >= 4 is 46.5 Å². The molecule has 1 N–H and O–H groups in total. The molecule has 3 aromatic rings. The van der Waals surface area contributed by atoms with Gasteiger partial charge in [0.2, 0.25) is 0 Å². The van der Waals surface area contributed by atoms with Gasteiger partial charge in [0.1, 0.15) is 11.3 Å². The molecule has 0 amide bonds. The van der Waals surface area contributed by atoms with Gasteiger partial charge in [-0.1, -0.05) is 29.3 Å². The summed E-state index contributed by atoms with van der Waals surface area (Å²) in [5.74, 6) is 0.743. The van der Waals surface area contributed by atoms with Crippen molar-refractivity contribution in [2.75, 3.05) is 7.11 Å². The number of aromatic nitrogens is 2. The third-order valence-electron chi connectivity index (χ3n) is 3.06. The molecule has 0 bridgehead atoms. The van der Waals surface area contributed by atoms with Gasteiger partial charge in [-0.2, -0.15) is 0 Å². The van der Waals surface area contributed by atoms with Crippen molar-refractivity contribution in [2.24, 2.45) is 0 Å². The number of para-hydroxylation sites is 1. The van der Waals surface area contributed by atoms with Crippen molar-refractivity contribution in [3.63, 3.8) is 0 Å². The van der Waals surface area contributed by atoms with E-state index in [9.17, 15) is 0 Å². The maximum atomic E-state index is 6.08. The summed E-state index contributed by atoms with van der Waals surface area (Å²) < 4.78 is 7.81. The molecule has 1 heterocycles. The second kappa shape index (κ2) is 5.13. The number of methoxy groups -OCH3 is 1. The van der Waals surface area contributed by atoms with Gasteiger partial charge in [0.25, 0.3) is 0 Å². The van der Waals surface area contributed by atoms with Gasteiger partial charge in [0.05, 0.1) is 28.4 Å². The molecule has 0 unspecified atom stereocenters. The predicted octanol–water partition coefficient (Wildman–Crippen LogP) is 5.00. The molecule has 1 aromatic heterocycles. The number of halogens is 2.